The minimum absolute atomic E-state index is 0.0286. The summed E-state index contributed by atoms with van der Waals surface area (Å²) in [6.45, 7) is 4.70. The molecule has 0 radical (unpaired) electrons. The van der Waals surface area contributed by atoms with Crippen LogP contribution in [0.1, 0.15) is 57.3 Å². The third-order valence-corrected chi connectivity index (χ3v) is 3.18. The molecule has 0 aliphatic heterocycles. The van der Waals surface area contributed by atoms with Crippen LogP contribution < -0.4 is 5.73 Å². The van der Waals surface area contributed by atoms with E-state index in [1.807, 2.05) is 13.8 Å². The summed E-state index contributed by atoms with van der Waals surface area (Å²) in [5, 5.41) is 4.05. The van der Waals surface area contributed by atoms with Gasteiger partial charge >= 0.3 is 0 Å². The van der Waals surface area contributed by atoms with Crippen LogP contribution >= 0.6 is 0 Å². The fraction of sp³-hybridized carbons (Fsp3) is 0.846. The first-order valence-electron chi connectivity index (χ1n) is 6.90. The Kier molecular flexibility index (Phi) is 4.72. The van der Waals surface area contributed by atoms with E-state index in [0.717, 1.165) is 25.1 Å². The van der Waals surface area contributed by atoms with Crippen LogP contribution in [-0.4, -0.2) is 22.8 Å². The van der Waals surface area contributed by atoms with Crippen molar-refractivity contribution in [2.75, 3.05) is 6.61 Å². The van der Waals surface area contributed by atoms with Gasteiger partial charge in [0.1, 0.15) is 6.10 Å². The van der Waals surface area contributed by atoms with E-state index in [-0.39, 0.29) is 12.1 Å². The molecule has 1 heterocycles. The number of aromatic nitrogens is 2. The second-order valence-electron chi connectivity index (χ2n) is 5.13. The lowest BCUT2D eigenvalue weighted by Crippen LogP contribution is -2.14. The Hall–Kier alpha value is -0.940. The number of nitrogens with zero attached hydrogens (tertiary/aromatic N) is 2. The zero-order valence-corrected chi connectivity index (χ0v) is 11.3. The van der Waals surface area contributed by atoms with Crippen molar-refractivity contribution < 1.29 is 9.26 Å². The van der Waals surface area contributed by atoms with Gasteiger partial charge in [0.2, 0.25) is 11.7 Å². The number of hydrogen-bond acceptors (Lipinski definition) is 5. The molecule has 1 saturated carbocycles. The van der Waals surface area contributed by atoms with E-state index in [1.54, 1.807) is 0 Å². The van der Waals surface area contributed by atoms with Crippen molar-refractivity contribution >= 4 is 0 Å². The van der Waals surface area contributed by atoms with Crippen molar-refractivity contribution in [2.45, 2.75) is 58.1 Å². The molecule has 0 saturated heterocycles. The Bertz CT molecular complexity index is 361. The van der Waals surface area contributed by atoms with Crippen LogP contribution in [0, 0.1) is 5.92 Å². The van der Waals surface area contributed by atoms with E-state index in [9.17, 15) is 0 Å². The molecule has 0 amide bonds. The molecule has 18 heavy (non-hydrogen) atoms. The maximum absolute atomic E-state index is 5.71. The number of hydrogen-bond donors (Lipinski definition) is 1. The summed E-state index contributed by atoms with van der Waals surface area (Å²) in [7, 11) is 0. The predicted molar refractivity (Wildman–Crippen MR) is 68.0 cm³/mol. The Labute approximate surface area is 108 Å². The summed E-state index contributed by atoms with van der Waals surface area (Å²) in [4.78, 5) is 4.44. The quantitative estimate of drug-likeness (QED) is 0.769. The molecule has 1 aromatic rings. The van der Waals surface area contributed by atoms with Gasteiger partial charge in [0.15, 0.2) is 0 Å². The first-order chi connectivity index (χ1) is 8.70. The summed E-state index contributed by atoms with van der Waals surface area (Å²) in [5.41, 5.74) is 5.71. The van der Waals surface area contributed by atoms with Crippen LogP contribution in [0.25, 0.3) is 0 Å². The lowest BCUT2D eigenvalue weighted by Gasteiger charge is -2.10. The highest BCUT2D eigenvalue weighted by Gasteiger charge is 2.36. The van der Waals surface area contributed by atoms with Crippen molar-refractivity contribution in [1.82, 2.24) is 10.1 Å². The highest BCUT2D eigenvalue weighted by molar-refractivity contribution is 4.98. The van der Waals surface area contributed by atoms with Gasteiger partial charge in [-0.25, -0.2) is 0 Å². The summed E-state index contributed by atoms with van der Waals surface area (Å²) in [6.07, 6.45) is 5.22. The van der Waals surface area contributed by atoms with Gasteiger partial charge in [-0.2, -0.15) is 4.98 Å². The average Bonchev–Trinajstić information content (AvgIpc) is 3.06. The van der Waals surface area contributed by atoms with Crippen molar-refractivity contribution in [1.29, 1.82) is 0 Å². The zero-order chi connectivity index (χ0) is 13.0. The summed E-state index contributed by atoms with van der Waals surface area (Å²) in [5.74, 6) is 2.01. The monoisotopic (exact) mass is 253 g/mol. The molecular weight excluding hydrogens is 230 g/mol. The van der Waals surface area contributed by atoms with Crippen LogP contribution in [0.15, 0.2) is 4.52 Å². The van der Waals surface area contributed by atoms with Crippen molar-refractivity contribution in [3.63, 3.8) is 0 Å². The molecule has 1 aliphatic rings. The molecule has 1 aliphatic carbocycles. The SMILES string of the molecule is CCOC(c1noc(CCCC(C)N)n1)C1CC1. The molecule has 2 unspecified atom stereocenters. The normalized spacial score (nSPS) is 18.8. The molecule has 102 valence electrons. The predicted octanol–water partition coefficient (Wildman–Crippen LogP) is 2.23. The molecule has 1 aromatic heterocycles. The van der Waals surface area contributed by atoms with Crippen molar-refractivity contribution in [2.24, 2.45) is 11.7 Å². The van der Waals surface area contributed by atoms with Gasteiger partial charge < -0.3 is 15.0 Å². The minimum atomic E-state index is 0.0286. The number of nitrogens with two attached hydrogens (primary N) is 1. The van der Waals surface area contributed by atoms with E-state index in [0.29, 0.717) is 18.4 Å². The molecule has 2 N–H and O–H groups in total. The van der Waals surface area contributed by atoms with E-state index in [2.05, 4.69) is 10.1 Å². The largest absolute Gasteiger partial charge is 0.370 e. The molecule has 0 aromatic carbocycles. The lowest BCUT2D eigenvalue weighted by molar-refractivity contribution is 0.0384. The number of rotatable bonds is 8. The van der Waals surface area contributed by atoms with Gasteiger partial charge in [-0.05, 0) is 45.4 Å². The Morgan fingerprint density at radius 1 is 1.50 bits per heavy atom. The first kappa shape index (κ1) is 13.5. The summed E-state index contributed by atoms with van der Waals surface area (Å²) in [6, 6.07) is 0.232. The fourth-order valence-corrected chi connectivity index (χ4v) is 2.06. The number of aryl methyl sites for hydroxylation is 1. The average molecular weight is 253 g/mol. The molecular formula is C13H23N3O2. The third kappa shape index (κ3) is 3.78. The second-order valence-corrected chi connectivity index (χ2v) is 5.13. The Morgan fingerprint density at radius 2 is 2.28 bits per heavy atom. The van der Waals surface area contributed by atoms with Gasteiger partial charge in [-0.15, -0.1) is 0 Å². The van der Waals surface area contributed by atoms with Crippen LogP contribution in [0.4, 0.5) is 0 Å². The van der Waals surface area contributed by atoms with Crippen molar-refractivity contribution in [3.8, 4) is 0 Å². The van der Waals surface area contributed by atoms with Crippen LogP contribution in [0.5, 0.6) is 0 Å². The van der Waals surface area contributed by atoms with Gasteiger partial charge in [-0.3, -0.25) is 0 Å². The maximum Gasteiger partial charge on any atom is 0.226 e. The molecule has 5 heteroatoms. The van der Waals surface area contributed by atoms with Crippen LogP contribution in [-0.2, 0) is 11.2 Å². The Balaban J connectivity index is 1.87. The Morgan fingerprint density at radius 3 is 2.89 bits per heavy atom. The van der Waals surface area contributed by atoms with Gasteiger partial charge in [-0.1, -0.05) is 5.16 Å². The van der Waals surface area contributed by atoms with Gasteiger partial charge in [0, 0.05) is 19.1 Å². The molecule has 2 atom stereocenters. The fourth-order valence-electron chi connectivity index (χ4n) is 2.06. The van der Waals surface area contributed by atoms with Crippen LogP contribution in [0.3, 0.4) is 0 Å². The maximum atomic E-state index is 5.71. The smallest absolute Gasteiger partial charge is 0.226 e. The van der Waals surface area contributed by atoms with Gasteiger partial charge in [0.05, 0.1) is 0 Å². The standard InChI is InChI=1S/C13H23N3O2/c1-3-17-12(10-7-8-10)13-15-11(18-16-13)6-4-5-9(2)14/h9-10,12H,3-8,14H2,1-2H3. The molecule has 1 fully saturated rings. The molecule has 0 bridgehead atoms. The summed E-state index contributed by atoms with van der Waals surface area (Å²) < 4.78 is 11.0. The zero-order valence-electron chi connectivity index (χ0n) is 11.3. The van der Waals surface area contributed by atoms with Crippen molar-refractivity contribution in [3.05, 3.63) is 11.7 Å². The van der Waals surface area contributed by atoms with Crippen LogP contribution in [0.2, 0.25) is 0 Å². The molecule has 5 nitrogen and oxygen atoms in total. The lowest BCUT2D eigenvalue weighted by atomic mass is 10.1. The second kappa shape index (κ2) is 6.29. The first-order valence-corrected chi connectivity index (χ1v) is 6.90. The molecule has 0 spiro atoms. The van der Waals surface area contributed by atoms with E-state index in [4.69, 9.17) is 15.0 Å². The summed E-state index contributed by atoms with van der Waals surface area (Å²) >= 11 is 0. The van der Waals surface area contributed by atoms with E-state index >= 15 is 0 Å². The highest BCUT2D eigenvalue weighted by Crippen LogP contribution is 2.42. The number of ether oxygens (including phenoxy) is 1. The minimum Gasteiger partial charge on any atom is -0.370 e. The molecule has 2 rings (SSSR count). The topological polar surface area (TPSA) is 74.2 Å². The van der Waals surface area contributed by atoms with E-state index in [1.165, 1.54) is 12.8 Å². The van der Waals surface area contributed by atoms with E-state index < -0.39 is 0 Å². The highest BCUT2D eigenvalue weighted by atomic mass is 16.5. The van der Waals surface area contributed by atoms with Gasteiger partial charge in [0.25, 0.3) is 0 Å². The third-order valence-electron chi connectivity index (χ3n) is 3.18.